The van der Waals surface area contributed by atoms with Gasteiger partial charge in [-0.05, 0) is 58.8 Å². The van der Waals surface area contributed by atoms with Gasteiger partial charge in [0.15, 0.2) is 0 Å². The van der Waals surface area contributed by atoms with Gasteiger partial charge >= 0.3 is 5.97 Å². The Morgan fingerprint density at radius 3 is 2.50 bits per heavy atom. The van der Waals surface area contributed by atoms with E-state index in [9.17, 15) is 9.59 Å². The van der Waals surface area contributed by atoms with Crippen molar-refractivity contribution in [1.29, 1.82) is 0 Å². The van der Waals surface area contributed by atoms with Crippen LogP contribution >= 0.6 is 11.8 Å². The predicted octanol–water partition coefficient (Wildman–Crippen LogP) is 2.05. The van der Waals surface area contributed by atoms with Gasteiger partial charge in [0, 0.05) is 18.8 Å². The molecule has 2 heterocycles. The number of rotatable bonds is 8. The summed E-state index contributed by atoms with van der Waals surface area (Å²) in [6, 6.07) is 9.98. The third kappa shape index (κ3) is 4.51. The number of hydrogen-bond donors (Lipinski definition) is 1. The summed E-state index contributed by atoms with van der Waals surface area (Å²) >= 11 is 1.25. The molecule has 9 heteroatoms. The van der Waals surface area contributed by atoms with Gasteiger partial charge in [-0.2, -0.15) is 4.68 Å². The highest BCUT2D eigenvalue weighted by molar-refractivity contribution is 7.99. The summed E-state index contributed by atoms with van der Waals surface area (Å²) in [5, 5.41) is 20.9. The fraction of sp³-hybridized carbons (Fsp3) is 0.176. The first kappa shape index (κ1) is 17.7. The minimum Gasteiger partial charge on any atom is -0.478 e. The number of Topliss-reactive ketones (excluding diaryl/α,β-unsaturated/α-hetero) is 1. The second kappa shape index (κ2) is 8.34. The van der Waals surface area contributed by atoms with E-state index in [1.54, 1.807) is 24.5 Å². The predicted molar refractivity (Wildman–Crippen MR) is 94.4 cm³/mol. The summed E-state index contributed by atoms with van der Waals surface area (Å²) in [6.07, 6.45) is 4.52. The van der Waals surface area contributed by atoms with Crippen molar-refractivity contribution in [2.75, 3.05) is 5.75 Å². The maximum Gasteiger partial charge on any atom is 0.335 e. The summed E-state index contributed by atoms with van der Waals surface area (Å²) in [5.41, 5.74) is 1.88. The molecular weight excluding hydrogens is 354 g/mol. The van der Waals surface area contributed by atoms with Crippen LogP contribution in [0.1, 0.15) is 22.3 Å². The molecule has 0 unspecified atom stereocenters. The number of tetrazole rings is 1. The molecule has 0 bridgehead atoms. The third-order valence-corrected chi connectivity index (χ3v) is 4.58. The van der Waals surface area contributed by atoms with Gasteiger partial charge in [-0.25, -0.2) is 4.79 Å². The monoisotopic (exact) mass is 369 g/mol. The Bertz CT molecular complexity index is 896. The van der Waals surface area contributed by atoms with E-state index in [2.05, 4.69) is 20.5 Å². The maximum absolute atomic E-state index is 12.1. The van der Waals surface area contributed by atoms with Gasteiger partial charge in [0.25, 0.3) is 0 Å². The fourth-order valence-electron chi connectivity index (χ4n) is 2.23. The lowest BCUT2D eigenvalue weighted by atomic mass is 10.1. The van der Waals surface area contributed by atoms with Gasteiger partial charge in [-0.15, -0.1) is 5.10 Å². The quantitative estimate of drug-likeness (QED) is 0.601. The number of carbonyl (C=O) groups is 2. The molecule has 0 amide bonds. The zero-order valence-corrected chi connectivity index (χ0v) is 14.5. The van der Waals surface area contributed by atoms with E-state index in [-0.39, 0.29) is 17.1 Å². The first-order valence-electron chi connectivity index (χ1n) is 7.79. The molecule has 1 aromatic carbocycles. The van der Waals surface area contributed by atoms with Crippen LogP contribution in [0.15, 0.2) is 53.9 Å². The molecule has 0 saturated heterocycles. The van der Waals surface area contributed by atoms with Crippen LogP contribution in [0.4, 0.5) is 0 Å². The van der Waals surface area contributed by atoms with E-state index in [0.29, 0.717) is 23.7 Å². The number of carbonyl (C=O) groups excluding carboxylic acids is 1. The lowest BCUT2D eigenvalue weighted by Gasteiger charge is -2.05. The van der Waals surface area contributed by atoms with E-state index >= 15 is 0 Å². The molecule has 0 aliphatic carbocycles. The SMILES string of the molecule is O=C(CCc1ccncc1)CSc1nnnn1-c1ccc(C(=O)O)cc1. The highest BCUT2D eigenvalue weighted by Gasteiger charge is 2.12. The zero-order chi connectivity index (χ0) is 18.4. The van der Waals surface area contributed by atoms with Crippen molar-refractivity contribution in [3.63, 3.8) is 0 Å². The van der Waals surface area contributed by atoms with Crippen molar-refractivity contribution < 1.29 is 14.7 Å². The van der Waals surface area contributed by atoms with Crippen molar-refractivity contribution in [1.82, 2.24) is 25.2 Å². The van der Waals surface area contributed by atoms with Gasteiger partial charge in [-0.3, -0.25) is 9.78 Å². The van der Waals surface area contributed by atoms with E-state index in [4.69, 9.17) is 5.11 Å². The number of pyridine rings is 1. The smallest absolute Gasteiger partial charge is 0.335 e. The van der Waals surface area contributed by atoms with E-state index < -0.39 is 5.97 Å². The number of aromatic carboxylic acids is 1. The molecule has 1 N–H and O–H groups in total. The van der Waals surface area contributed by atoms with Crippen molar-refractivity contribution in [3.8, 4) is 5.69 Å². The highest BCUT2D eigenvalue weighted by Crippen LogP contribution is 2.19. The zero-order valence-electron chi connectivity index (χ0n) is 13.6. The molecule has 0 radical (unpaired) electrons. The molecule has 0 aliphatic heterocycles. The largest absolute Gasteiger partial charge is 0.478 e. The first-order valence-corrected chi connectivity index (χ1v) is 8.77. The maximum atomic E-state index is 12.1. The van der Waals surface area contributed by atoms with Crippen LogP contribution in [0, 0.1) is 0 Å². The van der Waals surface area contributed by atoms with Gasteiger partial charge in [0.1, 0.15) is 5.78 Å². The van der Waals surface area contributed by atoms with Crippen LogP contribution in [0.2, 0.25) is 0 Å². The van der Waals surface area contributed by atoms with Crippen LogP contribution in [0.3, 0.4) is 0 Å². The molecule has 26 heavy (non-hydrogen) atoms. The Labute approximate surface area is 153 Å². The Morgan fingerprint density at radius 2 is 1.81 bits per heavy atom. The van der Waals surface area contributed by atoms with Crippen LogP contribution in [-0.4, -0.2) is 47.8 Å². The molecule has 3 aromatic rings. The Balaban J connectivity index is 1.58. The van der Waals surface area contributed by atoms with Crippen LogP contribution in [-0.2, 0) is 11.2 Å². The first-order chi connectivity index (χ1) is 12.6. The van der Waals surface area contributed by atoms with Gasteiger partial charge in [0.05, 0.1) is 17.0 Å². The Kier molecular flexibility index (Phi) is 5.69. The van der Waals surface area contributed by atoms with E-state index in [0.717, 1.165) is 5.56 Å². The number of nitrogens with zero attached hydrogens (tertiary/aromatic N) is 5. The molecule has 132 valence electrons. The number of hydrogen-bond acceptors (Lipinski definition) is 7. The number of aromatic nitrogens is 5. The van der Waals surface area contributed by atoms with E-state index in [1.807, 2.05) is 12.1 Å². The van der Waals surface area contributed by atoms with Crippen molar-refractivity contribution in [2.45, 2.75) is 18.0 Å². The molecule has 0 fully saturated rings. The summed E-state index contributed by atoms with van der Waals surface area (Å²) in [4.78, 5) is 27.0. The molecule has 0 spiro atoms. The average molecular weight is 369 g/mol. The molecular formula is C17H15N5O3S. The molecule has 0 saturated carbocycles. The number of aryl methyl sites for hydroxylation is 1. The summed E-state index contributed by atoms with van der Waals surface area (Å²) in [5.74, 6) is -0.635. The number of carboxylic acid groups (broad SMARTS) is 1. The van der Waals surface area contributed by atoms with Gasteiger partial charge in [-0.1, -0.05) is 11.8 Å². The van der Waals surface area contributed by atoms with Crippen molar-refractivity contribution >= 4 is 23.5 Å². The number of benzene rings is 1. The Morgan fingerprint density at radius 1 is 1.08 bits per heavy atom. The second-order valence-electron chi connectivity index (χ2n) is 5.41. The average Bonchev–Trinajstić information content (AvgIpc) is 3.14. The van der Waals surface area contributed by atoms with Gasteiger partial charge < -0.3 is 5.11 Å². The van der Waals surface area contributed by atoms with Crippen LogP contribution in [0.5, 0.6) is 0 Å². The minimum atomic E-state index is -0.998. The number of thioether (sulfide) groups is 1. The summed E-state index contributed by atoms with van der Waals surface area (Å²) < 4.78 is 1.48. The molecule has 3 rings (SSSR count). The highest BCUT2D eigenvalue weighted by atomic mass is 32.2. The van der Waals surface area contributed by atoms with Gasteiger partial charge in [0.2, 0.25) is 5.16 Å². The van der Waals surface area contributed by atoms with Crippen molar-refractivity contribution in [2.24, 2.45) is 0 Å². The molecule has 8 nitrogen and oxygen atoms in total. The molecule has 0 atom stereocenters. The lowest BCUT2D eigenvalue weighted by molar-refractivity contribution is -0.116. The van der Waals surface area contributed by atoms with E-state index in [1.165, 1.54) is 28.6 Å². The number of ketones is 1. The second-order valence-corrected chi connectivity index (χ2v) is 6.35. The molecule has 0 aliphatic rings. The van der Waals surface area contributed by atoms with Crippen LogP contribution in [0.25, 0.3) is 5.69 Å². The fourth-order valence-corrected chi connectivity index (χ4v) is 3.02. The van der Waals surface area contributed by atoms with Crippen LogP contribution < -0.4 is 0 Å². The Hall–Kier alpha value is -3.07. The lowest BCUT2D eigenvalue weighted by Crippen LogP contribution is -2.06. The summed E-state index contributed by atoms with van der Waals surface area (Å²) in [6.45, 7) is 0. The molecule has 2 aromatic heterocycles. The minimum absolute atomic E-state index is 0.0996. The normalized spacial score (nSPS) is 10.6. The number of carboxylic acids is 1. The van der Waals surface area contributed by atoms with Crippen molar-refractivity contribution in [3.05, 3.63) is 59.9 Å². The third-order valence-electron chi connectivity index (χ3n) is 3.60. The topological polar surface area (TPSA) is 111 Å². The standard InChI is InChI=1S/C17H15N5O3S/c23-15(6-1-12-7-9-18-10-8-12)11-26-17-19-20-21-22(17)14-4-2-13(3-5-14)16(24)25/h2-5,7-10H,1,6,11H2,(H,24,25). The summed E-state index contributed by atoms with van der Waals surface area (Å²) in [7, 11) is 0.